The maximum Gasteiger partial charge on any atom is 0.416 e. The number of rotatable bonds is 3. The first-order valence-corrected chi connectivity index (χ1v) is 10.2. The van der Waals surface area contributed by atoms with Gasteiger partial charge in [-0.1, -0.05) is 29.3 Å². The molecule has 0 spiro atoms. The summed E-state index contributed by atoms with van der Waals surface area (Å²) in [7, 11) is 0. The zero-order chi connectivity index (χ0) is 24.7. The molecule has 33 heavy (non-hydrogen) atoms. The molecule has 4 nitrogen and oxygen atoms in total. The summed E-state index contributed by atoms with van der Waals surface area (Å²) in [4.78, 5) is 26.0. The van der Waals surface area contributed by atoms with Gasteiger partial charge in [-0.15, -0.1) is 0 Å². The number of alkyl halides is 6. The number of amides is 1. The molecule has 12 heteroatoms. The summed E-state index contributed by atoms with van der Waals surface area (Å²) in [5.41, 5.74) is -3.98. The van der Waals surface area contributed by atoms with E-state index in [0.717, 1.165) is 4.90 Å². The van der Waals surface area contributed by atoms with E-state index in [4.69, 9.17) is 23.2 Å². The molecule has 0 aliphatic carbocycles. The number of hydrogen-bond donors (Lipinski definition) is 1. The number of carbonyl (C=O) groups excluding carboxylic acids is 2. The number of piperidine rings is 1. The van der Waals surface area contributed by atoms with Gasteiger partial charge in [-0.3, -0.25) is 9.59 Å². The summed E-state index contributed by atoms with van der Waals surface area (Å²) in [6.45, 7) is -0.293. The standard InChI is InChI=1S/C21H15Cl2F6NO3/c22-15-2-1-10(7-16(15)23)18(32)17-9-14(31)3-4-30(17)19(33)11-5-12(20(24,25)26)8-13(6-11)21(27,28)29/h1-2,5-8,17-18,32H,3-4,9H2. The number of aliphatic hydroxyl groups excluding tert-OH is 1. The molecule has 2 aromatic rings. The van der Waals surface area contributed by atoms with E-state index in [1.54, 1.807) is 0 Å². The normalized spacial score (nSPS) is 18.4. The molecule has 2 atom stereocenters. The van der Waals surface area contributed by atoms with Gasteiger partial charge in [-0.2, -0.15) is 26.3 Å². The smallest absolute Gasteiger partial charge is 0.386 e. The van der Waals surface area contributed by atoms with Crippen molar-refractivity contribution >= 4 is 34.9 Å². The highest BCUT2D eigenvalue weighted by atomic mass is 35.5. The zero-order valence-electron chi connectivity index (χ0n) is 16.5. The second-order valence-corrected chi connectivity index (χ2v) is 8.29. The van der Waals surface area contributed by atoms with E-state index in [0.29, 0.717) is 12.1 Å². The third kappa shape index (κ3) is 5.62. The van der Waals surface area contributed by atoms with E-state index in [1.165, 1.54) is 18.2 Å². The number of nitrogens with zero attached hydrogens (tertiary/aromatic N) is 1. The monoisotopic (exact) mass is 513 g/mol. The predicted octanol–water partition coefficient (Wildman–Crippen LogP) is 5.94. The van der Waals surface area contributed by atoms with E-state index < -0.39 is 47.1 Å². The minimum absolute atomic E-state index is 0.0703. The van der Waals surface area contributed by atoms with Crippen LogP contribution in [0.2, 0.25) is 10.0 Å². The first kappa shape index (κ1) is 25.3. The van der Waals surface area contributed by atoms with Crippen LogP contribution >= 0.6 is 23.2 Å². The van der Waals surface area contributed by atoms with Crippen LogP contribution in [0.4, 0.5) is 26.3 Å². The van der Waals surface area contributed by atoms with Gasteiger partial charge in [-0.05, 0) is 35.9 Å². The minimum atomic E-state index is -5.13. The second-order valence-electron chi connectivity index (χ2n) is 7.47. The summed E-state index contributed by atoms with van der Waals surface area (Å²) in [5, 5.41) is 11.0. The molecule has 178 valence electrons. The van der Waals surface area contributed by atoms with Gasteiger partial charge in [-0.25, -0.2) is 0 Å². The SMILES string of the molecule is O=C1CCN(C(=O)c2cc(C(F)(F)F)cc(C(F)(F)F)c2)C(C(O)c2ccc(Cl)c(Cl)c2)C1. The van der Waals surface area contributed by atoms with Crippen LogP contribution in [0.15, 0.2) is 36.4 Å². The number of carbonyl (C=O) groups is 2. The van der Waals surface area contributed by atoms with Crippen LogP contribution in [0.5, 0.6) is 0 Å². The highest BCUT2D eigenvalue weighted by Gasteiger charge is 2.40. The predicted molar refractivity (Wildman–Crippen MR) is 107 cm³/mol. The van der Waals surface area contributed by atoms with Gasteiger partial charge in [0.15, 0.2) is 0 Å². The van der Waals surface area contributed by atoms with E-state index in [1.807, 2.05) is 0 Å². The molecular formula is C21H15Cl2F6NO3. The lowest BCUT2D eigenvalue weighted by atomic mass is 9.91. The van der Waals surface area contributed by atoms with Gasteiger partial charge in [0.25, 0.3) is 5.91 Å². The Morgan fingerprint density at radius 1 is 0.970 bits per heavy atom. The van der Waals surface area contributed by atoms with Gasteiger partial charge in [0.2, 0.25) is 0 Å². The molecule has 0 aromatic heterocycles. The molecule has 0 radical (unpaired) electrons. The molecule has 1 fully saturated rings. The maximum absolute atomic E-state index is 13.2. The average molecular weight is 514 g/mol. The molecular weight excluding hydrogens is 499 g/mol. The fraction of sp³-hybridized carbons (Fsp3) is 0.333. The number of ketones is 1. The summed E-state index contributed by atoms with van der Waals surface area (Å²) >= 11 is 11.8. The van der Waals surface area contributed by atoms with Crippen LogP contribution in [0.1, 0.15) is 46.0 Å². The second kappa shape index (κ2) is 9.15. The lowest BCUT2D eigenvalue weighted by Crippen LogP contribution is -2.49. The average Bonchev–Trinajstić information content (AvgIpc) is 2.73. The molecule has 1 aliphatic rings. The largest absolute Gasteiger partial charge is 0.416 e. The van der Waals surface area contributed by atoms with Gasteiger partial charge >= 0.3 is 12.4 Å². The summed E-state index contributed by atoms with van der Waals surface area (Å²) < 4.78 is 79.1. The number of halogens is 8. The first-order valence-electron chi connectivity index (χ1n) is 9.43. The lowest BCUT2D eigenvalue weighted by Gasteiger charge is -2.38. The number of hydrogen-bond acceptors (Lipinski definition) is 3. The topological polar surface area (TPSA) is 57.6 Å². The lowest BCUT2D eigenvalue weighted by molar-refractivity contribution is -0.143. The fourth-order valence-electron chi connectivity index (χ4n) is 3.55. The van der Waals surface area contributed by atoms with Crippen molar-refractivity contribution in [1.82, 2.24) is 4.90 Å². The van der Waals surface area contributed by atoms with Gasteiger partial charge in [0.1, 0.15) is 5.78 Å². The van der Waals surface area contributed by atoms with Crippen molar-refractivity contribution in [3.05, 3.63) is 68.7 Å². The Morgan fingerprint density at radius 3 is 2.06 bits per heavy atom. The van der Waals surface area contributed by atoms with Crippen molar-refractivity contribution in [2.24, 2.45) is 0 Å². The van der Waals surface area contributed by atoms with E-state index in [-0.39, 0.29) is 46.8 Å². The first-order chi connectivity index (χ1) is 15.2. The van der Waals surface area contributed by atoms with Crippen molar-refractivity contribution in [3.63, 3.8) is 0 Å². The molecule has 2 unspecified atom stereocenters. The number of likely N-dealkylation sites (tertiary alicyclic amines) is 1. The fourth-order valence-corrected chi connectivity index (χ4v) is 3.86. The highest BCUT2D eigenvalue weighted by molar-refractivity contribution is 6.42. The van der Waals surface area contributed by atoms with Crippen molar-refractivity contribution in [3.8, 4) is 0 Å². The molecule has 1 N–H and O–H groups in total. The van der Waals surface area contributed by atoms with Crippen molar-refractivity contribution in [1.29, 1.82) is 0 Å². The molecule has 1 saturated heterocycles. The van der Waals surface area contributed by atoms with E-state index in [9.17, 15) is 41.0 Å². The van der Waals surface area contributed by atoms with Gasteiger partial charge < -0.3 is 10.0 Å². The third-order valence-corrected chi connectivity index (χ3v) is 5.95. The van der Waals surface area contributed by atoms with Gasteiger partial charge in [0, 0.05) is 24.9 Å². The molecule has 2 aromatic carbocycles. The Morgan fingerprint density at radius 2 is 1.55 bits per heavy atom. The molecule has 1 amide bonds. The molecule has 3 rings (SSSR count). The van der Waals surface area contributed by atoms with Crippen LogP contribution in [-0.4, -0.2) is 34.3 Å². The zero-order valence-corrected chi connectivity index (χ0v) is 18.0. The van der Waals surface area contributed by atoms with Crippen LogP contribution in [0.25, 0.3) is 0 Å². The summed E-state index contributed by atoms with van der Waals surface area (Å²) in [5.74, 6) is -1.51. The highest BCUT2D eigenvalue weighted by Crippen LogP contribution is 2.38. The summed E-state index contributed by atoms with van der Waals surface area (Å²) in [6.07, 6.45) is -12.3. The molecule has 0 bridgehead atoms. The Balaban J connectivity index is 2.03. The van der Waals surface area contributed by atoms with E-state index in [2.05, 4.69) is 0 Å². The molecule has 1 aliphatic heterocycles. The number of benzene rings is 2. The number of aliphatic hydroxyl groups is 1. The van der Waals surface area contributed by atoms with Crippen LogP contribution < -0.4 is 0 Å². The summed E-state index contributed by atoms with van der Waals surface area (Å²) in [6, 6.07) is 3.35. The molecule has 1 heterocycles. The van der Waals surface area contributed by atoms with E-state index >= 15 is 0 Å². The third-order valence-electron chi connectivity index (χ3n) is 5.21. The molecule has 0 saturated carbocycles. The Labute approximate surface area is 193 Å². The van der Waals surface area contributed by atoms with Crippen molar-refractivity contribution in [2.45, 2.75) is 37.3 Å². The van der Waals surface area contributed by atoms with Crippen LogP contribution in [0, 0.1) is 0 Å². The quantitative estimate of drug-likeness (QED) is 0.517. The minimum Gasteiger partial charge on any atom is -0.386 e. The van der Waals surface area contributed by atoms with Gasteiger partial charge in [0.05, 0.1) is 33.3 Å². The Hall–Kier alpha value is -2.30. The van der Waals surface area contributed by atoms with Crippen LogP contribution in [0.3, 0.4) is 0 Å². The Kier molecular flexibility index (Phi) is 7.02. The van der Waals surface area contributed by atoms with Crippen molar-refractivity contribution in [2.75, 3.05) is 6.54 Å². The van der Waals surface area contributed by atoms with Crippen molar-refractivity contribution < 1.29 is 41.0 Å². The Bertz CT molecular complexity index is 1050. The van der Waals surface area contributed by atoms with Crippen LogP contribution in [-0.2, 0) is 17.1 Å². The number of Topliss-reactive ketones (excluding diaryl/α,β-unsaturated/α-hetero) is 1. The maximum atomic E-state index is 13.2.